The maximum Gasteiger partial charge on any atom is 0.290 e. The molecule has 7 nitrogen and oxygen atoms in total. The van der Waals surface area contributed by atoms with Gasteiger partial charge in [-0.2, -0.15) is 0 Å². The monoisotopic (exact) mass is 461 g/mol. The van der Waals surface area contributed by atoms with Gasteiger partial charge in [0.15, 0.2) is 11.7 Å². The van der Waals surface area contributed by atoms with Crippen molar-refractivity contribution in [3.63, 3.8) is 0 Å². The molecule has 1 aromatic heterocycles. The van der Waals surface area contributed by atoms with Crippen LogP contribution in [0.5, 0.6) is 5.75 Å². The highest BCUT2D eigenvalue weighted by Crippen LogP contribution is 2.28. The minimum atomic E-state index is -0.382. The summed E-state index contributed by atoms with van der Waals surface area (Å²) >= 11 is 2.30. The number of benzene rings is 3. The minimum Gasteiger partial charge on any atom is -0.484 e. The fraction of sp³-hybridized carbons (Fsp3) is 0.0435. The highest BCUT2D eigenvalue weighted by molar-refractivity contribution is 8.18. The third-order valence-electron chi connectivity index (χ3n) is 4.69. The van der Waals surface area contributed by atoms with Crippen molar-refractivity contribution >= 4 is 72.3 Å². The molecule has 3 aromatic carbocycles. The van der Waals surface area contributed by atoms with Gasteiger partial charge in [0, 0.05) is 0 Å². The van der Waals surface area contributed by atoms with Crippen molar-refractivity contribution in [2.75, 3.05) is 11.9 Å². The van der Waals surface area contributed by atoms with E-state index in [1.165, 1.54) is 11.3 Å². The van der Waals surface area contributed by atoms with Crippen molar-refractivity contribution in [1.82, 2.24) is 10.3 Å². The summed E-state index contributed by atoms with van der Waals surface area (Å²) in [5, 5.41) is 7.05. The molecule has 1 aliphatic rings. The van der Waals surface area contributed by atoms with Crippen LogP contribution in [0.1, 0.15) is 5.56 Å². The lowest BCUT2D eigenvalue weighted by Crippen LogP contribution is -2.19. The van der Waals surface area contributed by atoms with Crippen molar-refractivity contribution < 1.29 is 19.1 Å². The van der Waals surface area contributed by atoms with E-state index in [9.17, 15) is 14.4 Å². The number of thioether (sulfide) groups is 1. The smallest absolute Gasteiger partial charge is 0.290 e. The summed E-state index contributed by atoms with van der Waals surface area (Å²) < 4.78 is 6.65. The summed E-state index contributed by atoms with van der Waals surface area (Å²) in [4.78, 5) is 40.0. The first-order valence-electron chi connectivity index (χ1n) is 9.60. The van der Waals surface area contributed by atoms with E-state index in [0.29, 0.717) is 15.8 Å². The van der Waals surface area contributed by atoms with Gasteiger partial charge in [0.2, 0.25) is 0 Å². The van der Waals surface area contributed by atoms with Crippen LogP contribution in [0.3, 0.4) is 0 Å². The molecule has 0 aliphatic carbocycles. The first kappa shape index (κ1) is 20.2. The number of anilines is 1. The maximum absolute atomic E-state index is 12.3. The van der Waals surface area contributed by atoms with E-state index >= 15 is 0 Å². The summed E-state index contributed by atoms with van der Waals surface area (Å²) in [6.45, 7) is -0.133. The molecule has 1 fully saturated rings. The number of nitrogens with zero attached hydrogens (tertiary/aromatic N) is 1. The molecule has 158 valence electrons. The number of aromatic nitrogens is 1. The number of ether oxygens (including phenoxy) is 1. The highest BCUT2D eigenvalue weighted by atomic mass is 32.2. The number of para-hydroxylation sites is 1. The van der Waals surface area contributed by atoms with Crippen LogP contribution in [-0.2, 0) is 9.59 Å². The SMILES string of the molecule is O=C(COc1ccc2cc(/C=C3/SC(=O)NC3=O)ccc2c1)Nc1nc2ccccc2s1. The number of thiazole rings is 1. The molecule has 5 rings (SSSR count). The molecule has 1 saturated heterocycles. The van der Waals surface area contributed by atoms with Gasteiger partial charge in [0.25, 0.3) is 17.1 Å². The van der Waals surface area contributed by atoms with Gasteiger partial charge in [-0.05, 0) is 64.5 Å². The van der Waals surface area contributed by atoms with Crippen molar-refractivity contribution in [2.45, 2.75) is 0 Å². The van der Waals surface area contributed by atoms with Gasteiger partial charge in [-0.25, -0.2) is 4.98 Å². The van der Waals surface area contributed by atoms with Crippen LogP contribution >= 0.6 is 23.1 Å². The quantitative estimate of drug-likeness (QED) is 0.415. The molecule has 0 atom stereocenters. The second-order valence-corrected chi connectivity index (χ2v) is 8.99. The predicted molar refractivity (Wildman–Crippen MR) is 127 cm³/mol. The van der Waals surface area contributed by atoms with Crippen LogP contribution in [-0.4, -0.2) is 28.6 Å². The van der Waals surface area contributed by atoms with Gasteiger partial charge < -0.3 is 4.74 Å². The summed E-state index contributed by atoms with van der Waals surface area (Å²) in [6, 6.07) is 18.9. The second-order valence-electron chi connectivity index (χ2n) is 6.94. The fourth-order valence-electron chi connectivity index (χ4n) is 3.22. The highest BCUT2D eigenvalue weighted by Gasteiger charge is 2.24. The Hall–Kier alpha value is -3.69. The van der Waals surface area contributed by atoms with E-state index < -0.39 is 0 Å². The van der Waals surface area contributed by atoms with E-state index in [2.05, 4.69) is 15.6 Å². The normalized spacial score (nSPS) is 14.8. The van der Waals surface area contributed by atoms with Gasteiger partial charge in [0.1, 0.15) is 5.75 Å². The van der Waals surface area contributed by atoms with Crippen molar-refractivity contribution in [3.05, 3.63) is 71.1 Å². The zero-order chi connectivity index (χ0) is 22.1. The number of carbonyl (C=O) groups is 3. The molecule has 4 aromatic rings. The van der Waals surface area contributed by atoms with Crippen molar-refractivity contribution in [1.29, 1.82) is 0 Å². The lowest BCUT2D eigenvalue weighted by molar-refractivity contribution is -0.118. The molecule has 0 bridgehead atoms. The number of fused-ring (bicyclic) bond motifs is 2. The second kappa shape index (κ2) is 8.45. The van der Waals surface area contributed by atoms with Crippen LogP contribution < -0.4 is 15.4 Å². The number of rotatable bonds is 5. The molecule has 2 heterocycles. The van der Waals surface area contributed by atoms with Gasteiger partial charge in [-0.3, -0.25) is 25.0 Å². The zero-order valence-corrected chi connectivity index (χ0v) is 18.1. The Balaban J connectivity index is 1.24. The Morgan fingerprint density at radius 3 is 2.69 bits per heavy atom. The summed E-state index contributed by atoms with van der Waals surface area (Å²) in [5.41, 5.74) is 1.66. The summed E-state index contributed by atoms with van der Waals surface area (Å²) in [6.07, 6.45) is 1.68. The Morgan fingerprint density at radius 1 is 1.06 bits per heavy atom. The molecular weight excluding hydrogens is 446 g/mol. The van der Waals surface area contributed by atoms with Gasteiger partial charge in [0.05, 0.1) is 15.1 Å². The van der Waals surface area contributed by atoms with Crippen LogP contribution in [0.25, 0.3) is 27.1 Å². The average Bonchev–Trinajstić information content (AvgIpc) is 3.33. The number of hydrogen-bond donors (Lipinski definition) is 2. The number of nitrogens with one attached hydrogen (secondary N) is 2. The Kier molecular flexibility index (Phi) is 5.34. The lowest BCUT2D eigenvalue weighted by Gasteiger charge is -2.07. The zero-order valence-electron chi connectivity index (χ0n) is 16.5. The van der Waals surface area contributed by atoms with E-state index in [1.54, 1.807) is 12.1 Å². The summed E-state index contributed by atoms with van der Waals surface area (Å²) in [7, 11) is 0. The molecule has 3 amide bonds. The standard InChI is InChI=1S/C23H15N3O4S2/c27-20(25-22-24-17-3-1-2-4-18(17)31-22)12-30-16-8-7-14-9-13(5-6-15(14)11-16)10-19-21(28)26-23(29)32-19/h1-11H,12H2,(H,24,25,27)(H,26,28,29)/b19-10+. The molecule has 1 aliphatic heterocycles. The van der Waals surface area contributed by atoms with Crippen LogP contribution in [0, 0.1) is 0 Å². The Bertz CT molecular complexity index is 1390. The first-order valence-corrected chi connectivity index (χ1v) is 11.2. The van der Waals surface area contributed by atoms with Crippen molar-refractivity contribution in [3.8, 4) is 5.75 Å². The van der Waals surface area contributed by atoms with Gasteiger partial charge in [-0.1, -0.05) is 41.7 Å². The molecular formula is C23H15N3O4S2. The largest absolute Gasteiger partial charge is 0.484 e. The van der Waals surface area contributed by atoms with Gasteiger partial charge in [-0.15, -0.1) is 0 Å². The average molecular weight is 462 g/mol. The van der Waals surface area contributed by atoms with Crippen LogP contribution in [0.2, 0.25) is 0 Å². The number of imide groups is 1. The number of amides is 3. The molecule has 0 saturated carbocycles. The minimum absolute atomic E-state index is 0.133. The van der Waals surface area contributed by atoms with Gasteiger partial charge >= 0.3 is 0 Å². The molecule has 2 N–H and O–H groups in total. The predicted octanol–water partition coefficient (Wildman–Crippen LogP) is 4.79. The molecule has 0 unspecified atom stereocenters. The van der Waals surface area contributed by atoms with Crippen LogP contribution in [0.4, 0.5) is 9.93 Å². The fourth-order valence-corrected chi connectivity index (χ4v) is 4.79. The topological polar surface area (TPSA) is 97.4 Å². The molecule has 0 radical (unpaired) electrons. The first-order chi connectivity index (χ1) is 15.5. The summed E-state index contributed by atoms with van der Waals surface area (Å²) in [5.74, 6) is -0.0969. The van der Waals surface area contributed by atoms with Crippen molar-refractivity contribution in [2.24, 2.45) is 0 Å². The maximum atomic E-state index is 12.3. The third kappa shape index (κ3) is 4.34. The Morgan fingerprint density at radius 2 is 1.88 bits per heavy atom. The molecule has 9 heteroatoms. The lowest BCUT2D eigenvalue weighted by atomic mass is 10.1. The van der Waals surface area contributed by atoms with E-state index in [0.717, 1.165) is 38.3 Å². The molecule has 32 heavy (non-hydrogen) atoms. The Labute approximate surface area is 190 Å². The number of hydrogen-bond acceptors (Lipinski definition) is 7. The van der Waals surface area contributed by atoms with E-state index in [4.69, 9.17) is 4.74 Å². The van der Waals surface area contributed by atoms with E-state index in [1.807, 2.05) is 54.6 Å². The number of carbonyl (C=O) groups excluding carboxylic acids is 3. The molecule has 0 spiro atoms. The van der Waals surface area contributed by atoms with Crippen LogP contribution in [0.15, 0.2) is 65.6 Å². The third-order valence-corrected chi connectivity index (χ3v) is 6.45. The van der Waals surface area contributed by atoms with E-state index in [-0.39, 0.29) is 23.7 Å².